The molecule has 0 saturated carbocycles. The number of hydrogen-bond donors (Lipinski definition) is 2. The molecule has 0 atom stereocenters. The Kier molecular flexibility index (Phi) is 4.77. The number of hydrogen-bond acceptors (Lipinski definition) is 5. The van der Waals surface area contributed by atoms with Gasteiger partial charge in [-0.2, -0.15) is 5.10 Å². The van der Waals surface area contributed by atoms with Crippen LogP contribution in [0.4, 0.5) is 5.69 Å². The maximum absolute atomic E-state index is 12.8. The third-order valence-electron chi connectivity index (χ3n) is 3.70. The topological polar surface area (TPSA) is 101 Å². The van der Waals surface area contributed by atoms with E-state index in [4.69, 9.17) is 4.74 Å². The number of benzene rings is 2. The van der Waals surface area contributed by atoms with Crippen LogP contribution in [-0.2, 0) is 10.0 Å². The number of anilines is 1. The number of nitrogens with one attached hydrogen (secondary N) is 2. The van der Waals surface area contributed by atoms with Crippen LogP contribution in [0.1, 0.15) is 5.56 Å². The molecule has 1 heterocycles. The summed E-state index contributed by atoms with van der Waals surface area (Å²) in [6, 6.07) is 14.6. The summed E-state index contributed by atoms with van der Waals surface area (Å²) in [5.41, 5.74) is 2.06. The zero-order chi connectivity index (χ0) is 18.7. The smallest absolute Gasteiger partial charge is 0.265 e. The molecule has 0 saturated heterocycles. The van der Waals surface area contributed by atoms with Gasteiger partial charge in [-0.25, -0.2) is 13.5 Å². The van der Waals surface area contributed by atoms with E-state index in [2.05, 4.69) is 14.9 Å². The first-order chi connectivity index (χ1) is 12.4. The number of rotatable bonds is 5. The average Bonchev–Trinajstić information content (AvgIpc) is 2.62. The van der Waals surface area contributed by atoms with E-state index >= 15 is 0 Å². The highest BCUT2D eigenvalue weighted by atomic mass is 32.2. The lowest BCUT2D eigenvalue weighted by atomic mass is 10.1. The van der Waals surface area contributed by atoms with E-state index in [0.717, 1.165) is 5.56 Å². The molecule has 0 unspecified atom stereocenters. The first-order valence-corrected chi connectivity index (χ1v) is 9.21. The van der Waals surface area contributed by atoms with Crippen LogP contribution in [0.5, 0.6) is 5.75 Å². The van der Waals surface area contributed by atoms with Crippen LogP contribution in [0.2, 0.25) is 0 Å². The van der Waals surface area contributed by atoms with Gasteiger partial charge in [-0.15, -0.1) is 0 Å². The van der Waals surface area contributed by atoms with Crippen molar-refractivity contribution in [3.8, 4) is 17.0 Å². The summed E-state index contributed by atoms with van der Waals surface area (Å²) in [6.45, 7) is 1.81. The number of aryl methyl sites for hydroxylation is 1. The van der Waals surface area contributed by atoms with Crippen molar-refractivity contribution in [3.63, 3.8) is 0 Å². The summed E-state index contributed by atoms with van der Waals surface area (Å²) in [7, 11) is -2.41. The SMILES string of the molecule is COc1ccc(C)cc1S(=O)(=O)Nc1cccc(-c2ccc(=O)[nH]n2)c1. The highest BCUT2D eigenvalue weighted by molar-refractivity contribution is 7.92. The molecule has 1 aromatic heterocycles. The molecule has 0 spiro atoms. The number of methoxy groups -OCH3 is 1. The summed E-state index contributed by atoms with van der Waals surface area (Å²) in [5.74, 6) is 0.265. The molecule has 3 rings (SSSR count). The van der Waals surface area contributed by atoms with Gasteiger partial charge in [0.25, 0.3) is 15.6 Å². The number of aromatic nitrogens is 2. The van der Waals surface area contributed by atoms with Crippen molar-refractivity contribution in [2.24, 2.45) is 0 Å². The first kappa shape index (κ1) is 17.7. The van der Waals surface area contributed by atoms with Crippen molar-refractivity contribution in [2.45, 2.75) is 11.8 Å². The van der Waals surface area contributed by atoms with E-state index in [1.54, 1.807) is 55.5 Å². The molecule has 0 aliphatic carbocycles. The number of nitrogens with zero attached hydrogens (tertiary/aromatic N) is 1. The van der Waals surface area contributed by atoms with E-state index in [-0.39, 0.29) is 16.2 Å². The van der Waals surface area contributed by atoms with Gasteiger partial charge in [0, 0.05) is 17.3 Å². The minimum Gasteiger partial charge on any atom is -0.495 e. The number of aromatic amines is 1. The maximum Gasteiger partial charge on any atom is 0.265 e. The van der Waals surface area contributed by atoms with E-state index in [0.29, 0.717) is 16.9 Å². The zero-order valence-corrected chi connectivity index (χ0v) is 15.0. The Balaban J connectivity index is 1.96. The van der Waals surface area contributed by atoms with Crippen LogP contribution in [0.25, 0.3) is 11.3 Å². The zero-order valence-electron chi connectivity index (χ0n) is 14.2. The standard InChI is InChI=1S/C18H17N3O4S/c1-12-6-8-16(25-2)17(10-12)26(23,24)21-14-5-3-4-13(11-14)15-7-9-18(22)20-19-15/h3-11,21H,1-2H3,(H,20,22). The lowest BCUT2D eigenvalue weighted by molar-refractivity contribution is 0.402. The summed E-state index contributed by atoms with van der Waals surface area (Å²) in [5, 5.41) is 6.30. The largest absolute Gasteiger partial charge is 0.495 e. The lowest BCUT2D eigenvalue weighted by Gasteiger charge is -2.13. The van der Waals surface area contributed by atoms with Gasteiger partial charge in [-0.3, -0.25) is 9.52 Å². The van der Waals surface area contributed by atoms with Crippen molar-refractivity contribution in [1.29, 1.82) is 0 Å². The predicted octanol–water partition coefficient (Wildman–Crippen LogP) is 2.55. The summed E-state index contributed by atoms with van der Waals surface area (Å²) in [4.78, 5) is 11.2. The van der Waals surface area contributed by atoms with Gasteiger partial charge >= 0.3 is 0 Å². The Hall–Kier alpha value is -3.13. The molecule has 0 bridgehead atoms. The van der Waals surface area contributed by atoms with Crippen molar-refractivity contribution in [1.82, 2.24) is 10.2 Å². The van der Waals surface area contributed by atoms with E-state index in [1.807, 2.05) is 0 Å². The fourth-order valence-electron chi connectivity index (χ4n) is 2.45. The Morgan fingerprint density at radius 1 is 1.08 bits per heavy atom. The average molecular weight is 371 g/mol. The Morgan fingerprint density at radius 2 is 1.88 bits per heavy atom. The minimum absolute atomic E-state index is 0.0626. The summed E-state index contributed by atoms with van der Waals surface area (Å²) < 4.78 is 33.3. The predicted molar refractivity (Wildman–Crippen MR) is 98.8 cm³/mol. The monoisotopic (exact) mass is 371 g/mol. The molecule has 3 aromatic rings. The molecule has 134 valence electrons. The lowest BCUT2D eigenvalue weighted by Crippen LogP contribution is -2.14. The van der Waals surface area contributed by atoms with Crippen molar-refractivity contribution < 1.29 is 13.2 Å². The molecule has 0 amide bonds. The van der Waals surface area contributed by atoms with Gasteiger partial charge < -0.3 is 4.74 Å². The third-order valence-corrected chi connectivity index (χ3v) is 5.10. The fourth-order valence-corrected chi connectivity index (χ4v) is 3.76. The molecule has 0 radical (unpaired) electrons. The normalized spacial score (nSPS) is 11.2. The molecular formula is C18H17N3O4S. The Morgan fingerprint density at radius 3 is 2.58 bits per heavy atom. The van der Waals surface area contributed by atoms with Gasteiger partial charge in [0.2, 0.25) is 0 Å². The van der Waals surface area contributed by atoms with Crippen LogP contribution in [0, 0.1) is 6.92 Å². The molecule has 0 aliphatic rings. The molecular weight excluding hydrogens is 354 g/mol. The van der Waals surface area contributed by atoms with Gasteiger partial charge in [-0.1, -0.05) is 18.2 Å². The number of sulfonamides is 1. The van der Waals surface area contributed by atoms with E-state index in [9.17, 15) is 13.2 Å². The summed E-state index contributed by atoms with van der Waals surface area (Å²) >= 11 is 0. The number of H-pyrrole nitrogens is 1. The Bertz CT molecular complexity index is 1090. The van der Waals surface area contributed by atoms with Crippen molar-refractivity contribution in [2.75, 3.05) is 11.8 Å². The van der Waals surface area contributed by atoms with Crippen LogP contribution in [-0.4, -0.2) is 25.7 Å². The van der Waals surface area contributed by atoms with Crippen molar-refractivity contribution in [3.05, 3.63) is 70.5 Å². The third kappa shape index (κ3) is 3.75. The highest BCUT2D eigenvalue weighted by Gasteiger charge is 2.20. The van der Waals surface area contributed by atoms with Gasteiger partial charge in [-0.05, 0) is 42.8 Å². The maximum atomic E-state index is 12.8. The van der Waals surface area contributed by atoms with E-state index in [1.165, 1.54) is 13.2 Å². The van der Waals surface area contributed by atoms with Crippen molar-refractivity contribution >= 4 is 15.7 Å². The van der Waals surface area contributed by atoms with Crippen LogP contribution >= 0.6 is 0 Å². The van der Waals surface area contributed by atoms with Gasteiger partial charge in [0.15, 0.2) is 0 Å². The summed E-state index contributed by atoms with van der Waals surface area (Å²) in [6.07, 6.45) is 0. The van der Waals surface area contributed by atoms with Crippen LogP contribution < -0.4 is 15.0 Å². The van der Waals surface area contributed by atoms with Gasteiger partial charge in [0.1, 0.15) is 10.6 Å². The molecule has 2 N–H and O–H groups in total. The van der Waals surface area contributed by atoms with Crippen LogP contribution in [0.3, 0.4) is 0 Å². The molecule has 0 fully saturated rings. The molecule has 7 nitrogen and oxygen atoms in total. The first-order valence-electron chi connectivity index (χ1n) is 7.73. The molecule has 0 aliphatic heterocycles. The van der Waals surface area contributed by atoms with E-state index < -0.39 is 10.0 Å². The quantitative estimate of drug-likeness (QED) is 0.718. The molecule has 26 heavy (non-hydrogen) atoms. The molecule has 8 heteroatoms. The van der Waals surface area contributed by atoms with Gasteiger partial charge in [0.05, 0.1) is 12.8 Å². The Labute approximate surface area is 150 Å². The fraction of sp³-hybridized carbons (Fsp3) is 0.111. The second kappa shape index (κ2) is 7.01. The molecule has 2 aromatic carbocycles. The second-order valence-electron chi connectivity index (χ2n) is 5.65. The number of ether oxygens (including phenoxy) is 1. The second-order valence-corrected chi connectivity index (χ2v) is 7.30. The van der Waals surface area contributed by atoms with Crippen LogP contribution in [0.15, 0.2) is 64.3 Å². The minimum atomic E-state index is -3.84. The highest BCUT2D eigenvalue weighted by Crippen LogP contribution is 2.28.